The van der Waals surface area contributed by atoms with Gasteiger partial charge in [-0.25, -0.2) is 9.97 Å². The third kappa shape index (κ3) is 4.10. The highest BCUT2D eigenvalue weighted by atomic mass is 35.5. The molecule has 0 spiro atoms. The Balaban J connectivity index is 3.07. The Bertz CT molecular complexity index is 372. The van der Waals surface area contributed by atoms with Crippen molar-refractivity contribution in [1.82, 2.24) is 9.97 Å². The molecule has 0 aromatic carbocycles. The van der Waals surface area contributed by atoms with Crippen LogP contribution in [0.3, 0.4) is 0 Å². The van der Waals surface area contributed by atoms with Gasteiger partial charge in [-0.3, -0.25) is 0 Å². The fraction of sp³-hybridized carbons (Fsp3) is 0.692. The monoisotopic (exact) mass is 271 g/mol. The van der Waals surface area contributed by atoms with E-state index in [9.17, 15) is 5.11 Å². The molecule has 1 aromatic rings. The number of aliphatic hydroxyl groups excluding tert-OH is 1. The summed E-state index contributed by atoms with van der Waals surface area (Å²) in [5.41, 5.74) is 0.612. The first-order valence-electron chi connectivity index (χ1n) is 6.30. The van der Waals surface area contributed by atoms with Crippen LogP contribution in [-0.2, 0) is 6.61 Å². The quantitative estimate of drug-likeness (QED) is 0.809. The SMILES string of the molecule is CC(C)CN(CC(C)C)c1ncnc(Cl)c1CO. The van der Waals surface area contributed by atoms with E-state index in [1.165, 1.54) is 6.33 Å². The second-order valence-corrected chi connectivity index (χ2v) is 5.68. The second kappa shape index (κ2) is 6.90. The van der Waals surface area contributed by atoms with Gasteiger partial charge in [-0.1, -0.05) is 39.3 Å². The molecule has 1 rings (SSSR count). The van der Waals surface area contributed by atoms with E-state index in [0.29, 0.717) is 22.6 Å². The molecule has 0 aliphatic heterocycles. The first kappa shape index (κ1) is 15.2. The maximum atomic E-state index is 9.43. The zero-order valence-corrected chi connectivity index (χ0v) is 12.3. The van der Waals surface area contributed by atoms with Gasteiger partial charge in [0.25, 0.3) is 0 Å². The molecule has 0 aliphatic carbocycles. The molecular formula is C13H22ClN3O. The van der Waals surface area contributed by atoms with Crippen LogP contribution in [0.1, 0.15) is 33.3 Å². The number of rotatable bonds is 6. The number of nitrogens with zero attached hydrogens (tertiary/aromatic N) is 3. The van der Waals surface area contributed by atoms with E-state index in [1.807, 2.05) is 0 Å². The molecule has 0 amide bonds. The highest BCUT2D eigenvalue weighted by Gasteiger charge is 2.17. The van der Waals surface area contributed by atoms with Gasteiger partial charge < -0.3 is 10.0 Å². The lowest BCUT2D eigenvalue weighted by Gasteiger charge is -2.28. The number of hydrogen-bond acceptors (Lipinski definition) is 4. The summed E-state index contributed by atoms with van der Waals surface area (Å²) in [6, 6.07) is 0. The molecule has 1 aromatic heterocycles. The summed E-state index contributed by atoms with van der Waals surface area (Å²) in [5, 5.41) is 9.76. The largest absolute Gasteiger partial charge is 0.391 e. The summed E-state index contributed by atoms with van der Waals surface area (Å²) in [6.45, 7) is 10.3. The van der Waals surface area contributed by atoms with Gasteiger partial charge in [0.15, 0.2) is 0 Å². The van der Waals surface area contributed by atoms with Gasteiger partial charge in [-0.2, -0.15) is 0 Å². The smallest absolute Gasteiger partial charge is 0.140 e. The first-order chi connectivity index (χ1) is 8.45. The Hall–Kier alpha value is -0.870. The Kier molecular flexibility index (Phi) is 5.82. The fourth-order valence-electron chi connectivity index (χ4n) is 1.92. The van der Waals surface area contributed by atoms with Crippen LogP contribution >= 0.6 is 11.6 Å². The predicted molar refractivity (Wildman–Crippen MR) is 74.9 cm³/mol. The second-order valence-electron chi connectivity index (χ2n) is 5.32. The van der Waals surface area contributed by atoms with Crippen LogP contribution in [0.15, 0.2) is 6.33 Å². The minimum atomic E-state index is -0.137. The topological polar surface area (TPSA) is 49.2 Å². The third-order valence-electron chi connectivity index (χ3n) is 2.50. The van der Waals surface area contributed by atoms with Gasteiger partial charge in [-0.05, 0) is 11.8 Å². The number of hydrogen-bond donors (Lipinski definition) is 1. The lowest BCUT2D eigenvalue weighted by Crippen LogP contribution is -2.33. The van der Waals surface area contributed by atoms with Crippen LogP contribution in [0, 0.1) is 11.8 Å². The van der Waals surface area contributed by atoms with Crippen molar-refractivity contribution in [1.29, 1.82) is 0 Å². The molecule has 0 bridgehead atoms. The molecule has 5 heteroatoms. The highest BCUT2D eigenvalue weighted by molar-refractivity contribution is 6.30. The summed E-state index contributed by atoms with van der Waals surface area (Å²) < 4.78 is 0. The molecule has 18 heavy (non-hydrogen) atoms. The standard InChI is InChI=1S/C13H22ClN3O/c1-9(2)5-17(6-10(3)4)13-11(7-18)12(14)15-8-16-13/h8-10,18H,5-7H2,1-4H3. The molecule has 1 N–H and O–H groups in total. The van der Waals surface area contributed by atoms with Crippen LogP contribution in [0.5, 0.6) is 0 Å². The molecule has 0 fully saturated rings. The Morgan fingerprint density at radius 3 is 2.17 bits per heavy atom. The van der Waals surface area contributed by atoms with Crippen LogP contribution < -0.4 is 4.90 Å². The first-order valence-corrected chi connectivity index (χ1v) is 6.68. The molecule has 4 nitrogen and oxygen atoms in total. The van der Waals surface area contributed by atoms with E-state index in [4.69, 9.17) is 11.6 Å². The van der Waals surface area contributed by atoms with Gasteiger partial charge in [0, 0.05) is 13.1 Å². The van der Waals surface area contributed by atoms with Crippen molar-refractivity contribution < 1.29 is 5.11 Å². The number of aliphatic hydroxyl groups is 1. The van der Waals surface area contributed by atoms with Crippen LogP contribution in [0.2, 0.25) is 5.15 Å². The Morgan fingerprint density at radius 2 is 1.72 bits per heavy atom. The summed E-state index contributed by atoms with van der Waals surface area (Å²) in [7, 11) is 0. The number of anilines is 1. The molecule has 0 aliphatic rings. The fourth-order valence-corrected chi connectivity index (χ4v) is 2.11. The van der Waals surface area contributed by atoms with Crippen molar-refractivity contribution in [3.05, 3.63) is 17.0 Å². The van der Waals surface area contributed by atoms with Gasteiger partial charge in [0.1, 0.15) is 17.3 Å². The molecular weight excluding hydrogens is 250 g/mol. The zero-order valence-electron chi connectivity index (χ0n) is 11.5. The van der Waals surface area contributed by atoms with Crippen molar-refractivity contribution in [3.8, 4) is 0 Å². The van der Waals surface area contributed by atoms with Crippen molar-refractivity contribution in [2.45, 2.75) is 34.3 Å². The van der Waals surface area contributed by atoms with E-state index in [0.717, 1.165) is 18.9 Å². The minimum Gasteiger partial charge on any atom is -0.391 e. The van der Waals surface area contributed by atoms with Gasteiger partial charge in [-0.15, -0.1) is 0 Å². The highest BCUT2D eigenvalue weighted by Crippen LogP contribution is 2.24. The summed E-state index contributed by atoms with van der Waals surface area (Å²) in [4.78, 5) is 10.4. The Labute approximate surface area is 114 Å². The third-order valence-corrected chi connectivity index (χ3v) is 2.82. The van der Waals surface area contributed by atoms with Crippen LogP contribution in [-0.4, -0.2) is 28.2 Å². The van der Waals surface area contributed by atoms with E-state index in [1.54, 1.807) is 0 Å². The molecule has 0 saturated heterocycles. The molecule has 1 heterocycles. The number of halogens is 1. The van der Waals surface area contributed by atoms with Gasteiger partial charge >= 0.3 is 0 Å². The molecule has 0 radical (unpaired) electrons. The van der Waals surface area contributed by atoms with E-state index < -0.39 is 0 Å². The summed E-state index contributed by atoms with van der Waals surface area (Å²) in [6.07, 6.45) is 1.45. The van der Waals surface area contributed by atoms with Crippen LogP contribution in [0.25, 0.3) is 0 Å². The summed E-state index contributed by atoms with van der Waals surface area (Å²) >= 11 is 6.01. The number of aromatic nitrogens is 2. The van der Waals surface area contributed by atoms with Crippen molar-refractivity contribution in [2.75, 3.05) is 18.0 Å². The van der Waals surface area contributed by atoms with Crippen molar-refractivity contribution in [3.63, 3.8) is 0 Å². The maximum Gasteiger partial charge on any atom is 0.140 e. The van der Waals surface area contributed by atoms with Gasteiger partial charge in [0.2, 0.25) is 0 Å². The lowest BCUT2D eigenvalue weighted by atomic mass is 10.1. The molecule has 102 valence electrons. The summed E-state index contributed by atoms with van der Waals surface area (Å²) in [5.74, 6) is 1.79. The predicted octanol–water partition coefficient (Wildman–Crippen LogP) is 2.74. The van der Waals surface area contributed by atoms with E-state index in [-0.39, 0.29) is 6.61 Å². The lowest BCUT2D eigenvalue weighted by molar-refractivity contribution is 0.281. The van der Waals surface area contributed by atoms with Crippen molar-refractivity contribution >= 4 is 17.4 Å². The van der Waals surface area contributed by atoms with Crippen molar-refractivity contribution in [2.24, 2.45) is 11.8 Å². The van der Waals surface area contributed by atoms with Crippen LogP contribution in [0.4, 0.5) is 5.82 Å². The minimum absolute atomic E-state index is 0.137. The maximum absolute atomic E-state index is 9.43. The normalized spacial score (nSPS) is 11.3. The molecule has 0 saturated carbocycles. The molecule has 0 atom stereocenters. The van der Waals surface area contributed by atoms with Gasteiger partial charge in [0.05, 0.1) is 12.2 Å². The molecule has 0 unspecified atom stereocenters. The average molecular weight is 272 g/mol. The Morgan fingerprint density at radius 1 is 1.17 bits per heavy atom. The van der Waals surface area contributed by atoms with E-state index >= 15 is 0 Å². The zero-order chi connectivity index (χ0) is 13.7. The average Bonchev–Trinajstić information content (AvgIpc) is 2.26. The van der Waals surface area contributed by atoms with E-state index in [2.05, 4.69) is 42.6 Å².